The Morgan fingerprint density at radius 2 is 0.886 bits per heavy atom. The first kappa shape index (κ1) is 33.7. The summed E-state index contributed by atoms with van der Waals surface area (Å²) in [4.78, 5) is 4.96. The molecule has 188 valence electrons. The maximum absolute atomic E-state index is 2.48. The van der Waals surface area contributed by atoms with Gasteiger partial charge in [-0.15, -0.1) is 57.9 Å². The average Bonchev–Trinajstić information content (AvgIpc) is 3.47. The molecule has 4 aromatic carbocycles. The summed E-state index contributed by atoms with van der Waals surface area (Å²) in [5, 5.41) is 5.40. The number of benzene rings is 2. The van der Waals surface area contributed by atoms with Crippen molar-refractivity contribution in [2.75, 3.05) is 36.0 Å². The summed E-state index contributed by atoms with van der Waals surface area (Å²) in [5.74, 6) is 0. The van der Waals surface area contributed by atoms with Gasteiger partial charge in [0.2, 0.25) is 0 Å². The Labute approximate surface area is 244 Å². The van der Waals surface area contributed by atoms with Crippen LogP contribution in [0, 0.1) is 0 Å². The van der Waals surface area contributed by atoms with E-state index in [1.807, 2.05) is 0 Å². The summed E-state index contributed by atoms with van der Waals surface area (Å²) in [6.07, 6.45) is 4.83. The predicted molar refractivity (Wildman–Crippen MR) is 145 cm³/mol. The number of hydrogen-bond donors (Lipinski definition) is 0. The van der Waals surface area contributed by atoms with Gasteiger partial charge in [0.05, 0.1) is 0 Å². The summed E-state index contributed by atoms with van der Waals surface area (Å²) in [7, 11) is 0. The van der Waals surface area contributed by atoms with Crippen LogP contribution in [0.1, 0.15) is 53.4 Å². The molecule has 0 bridgehead atoms. The van der Waals surface area contributed by atoms with Gasteiger partial charge in [0.25, 0.3) is 0 Å². The summed E-state index contributed by atoms with van der Waals surface area (Å²) >= 11 is 0. The summed E-state index contributed by atoms with van der Waals surface area (Å²) in [6, 6.07) is 26.5. The van der Waals surface area contributed by atoms with Gasteiger partial charge in [-0.1, -0.05) is 39.8 Å². The minimum absolute atomic E-state index is 0. The SMILES string of the molecule is CCCN(CCC)c1ccc2cc[cH-]c2c1.CCCN(CCC)c1ccc2cc[cH-]c2c1.[Cl-].[Cl-].[Zr+4]. The third kappa shape index (κ3) is 9.60. The van der Waals surface area contributed by atoms with E-state index in [1.165, 1.54) is 58.6 Å². The molecule has 0 spiro atoms. The standard InChI is InChI=1S/2C15H20N.2ClH.Zr/c2*1-3-10-16(11-4-2)15-9-8-13-6-5-7-14(13)12-15;;;/h2*5-9,12H,3-4,10-11H2,1-2H3;2*1H;/q2*-1;;;+4/p-2. The van der Waals surface area contributed by atoms with E-state index in [1.54, 1.807) is 0 Å². The molecular formula is C30H40Cl2N2Zr. The molecule has 0 N–H and O–H groups in total. The fourth-order valence-corrected chi connectivity index (χ4v) is 4.44. The Kier molecular flexibility index (Phi) is 17.4. The Morgan fingerprint density at radius 1 is 0.543 bits per heavy atom. The van der Waals surface area contributed by atoms with Gasteiger partial charge in [0.1, 0.15) is 0 Å². The van der Waals surface area contributed by atoms with E-state index in [-0.39, 0.29) is 51.0 Å². The maximum atomic E-state index is 2.48. The van der Waals surface area contributed by atoms with Gasteiger partial charge < -0.3 is 34.6 Å². The summed E-state index contributed by atoms with van der Waals surface area (Å²) in [6.45, 7) is 13.6. The van der Waals surface area contributed by atoms with Gasteiger partial charge in [-0.25, -0.2) is 0 Å². The van der Waals surface area contributed by atoms with Crippen LogP contribution in [0.15, 0.2) is 72.8 Å². The van der Waals surface area contributed by atoms with Gasteiger partial charge in [0.15, 0.2) is 0 Å². The first-order chi connectivity index (χ1) is 15.7. The normalized spacial score (nSPS) is 9.94. The third-order valence-electron chi connectivity index (χ3n) is 5.95. The fourth-order valence-electron chi connectivity index (χ4n) is 4.44. The maximum Gasteiger partial charge on any atom is 4.00 e. The number of rotatable bonds is 10. The van der Waals surface area contributed by atoms with Crippen molar-refractivity contribution >= 4 is 32.9 Å². The minimum Gasteiger partial charge on any atom is -1.00 e. The zero-order chi connectivity index (χ0) is 22.8. The monoisotopic (exact) mass is 588 g/mol. The molecule has 4 rings (SSSR count). The first-order valence-corrected chi connectivity index (χ1v) is 12.5. The Balaban J connectivity index is 0.000000608. The Bertz CT molecular complexity index is 974. The first-order valence-electron chi connectivity index (χ1n) is 12.5. The van der Waals surface area contributed by atoms with Crippen LogP contribution >= 0.6 is 0 Å². The Hall–Kier alpha value is -1.28. The van der Waals surface area contributed by atoms with Crippen LogP contribution in [0.3, 0.4) is 0 Å². The van der Waals surface area contributed by atoms with Crippen molar-refractivity contribution in [2.24, 2.45) is 0 Å². The molecule has 5 heteroatoms. The van der Waals surface area contributed by atoms with Crippen molar-refractivity contribution in [3.8, 4) is 0 Å². The molecule has 0 aromatic heterocycles. The minimum atomic E-state index is 0. The van der Waals surface area contributed by atoms with Crippen molar-refractivity contribution in [1.29, 1.82) is 0 Å². The van der Waals surface area contributed by atoms with Crippen molar-refractivity contribution in [3.05, 3.63) is 72.8 Å². The molecule has 35 heavy (non-hydrogen) atoms. The van der Waals surface area contributed by atoms with Gasteiger partial charge in [-0.3, -0.25) is 0 Å². The van der Waals surface area contributed by atoms with Crippen LogP contribution in [0.2, 0.25) is 0 Å². The van der Waals surface area contributed by atoms with Crippen molar-refractivity contribution in [1.82, 2.24) is 0 Å². The van der Waals surface area contributed by atoms with Crippen molar-refractivity contribution in [3.63, 3.8) is 0 Å². The molecule has 0 radical (unpaired) electrons. The number of anilines is 2. The summed E-state index contributed by atoms with van der Waals surface area (Å²) in [5.41, 5.74) is 2.73. The van der Waals surface area contributed by atoms with Gasteiger partial charge in [-0.2, -0.15) is 24.3 Å². The summed E-state index contributed by atoms with van der Waals surface area (Å²) < 4.78 is 0. The molecule has 0 saturated carbocycles. The second kappa shape index (κ2) is 18.0. The van der Waals surface area contributed by atoms with Crippen LogP contribution in [-0.2, 0) is 26.2 Å². The van der Waals surface area contributed by atoms with Crippen LogP contribution in [0.4, 0.5) is 11.4 Å². The predicted octanol–water partition coefficient (Wildman–Crippen LogP) is 2.38. The molecular weight excluding hydrogens is 550 g/mol. The molecule has 0 aliphatic rings. The van der Waals surface area contributed by atoms with E-state index < -0.39 is 0 Å². The van der Waals surface area contributed by atoms with E-state index >= 15 is 0 Å². The van der Waals surface area contributed by atoms with Gasteiger partial charge in [0, 0.05) is 26.2 Å². The fraction of sp³-hybridized carbons (Fsp3) is 0.400. The molecule has 0 atom stereocenters. The van der Waals surface area contributed by atoms with E-state index in [0.29, 0.717) is 0 Å². The smallest absolute Gasteiger partial charge is 1.00 e. The van der Waals surface area contributed by atoms with Crippen LogP contribution < -0.4 is 34.6 Å². The molecule has 0 unspecified atom stereocenters. The third-order valence-corrected chi connectivity index (χ3v) is 5.95. The number of nitrogens with zero attached hydrogens (tertiary/aromatic N) is 2. The number of fused-ring (bicyclic) bond motifs is 2. The topological polar surface area (TPSA) is 6.48 Å². The molecule has 2 nitrogen and oxygen atoms in total. The van der Waals surface area contributed by atoms with E-state index in [2.05, 4.69) is 110 Å². The number of halogens is 2. The van der Waals surface area contributed by atoms with Crippen molar-refractivity contribution in [2.45, 2.75) is 53.4 Å². The van der Waals surface area contributed by atoms with E-state index in [4.69, 9.17) is 0 Å². The quantitative estimate of drug-likeness (QED) is 0.262. The second-order valence-electron chi connectivity index (χ2n) is 8.65. The van der Waals surface area contributed by atoms with E-state index in [0.717, 1.165) is 26.2 Å². The molecule has 0 heterocycles. The zero-order valence-corrected chi connectivity index (χ0v) is 25.7. The zero-order valence-electron chi connectivity index (χ0n) is 21.7. The molecule has 0 fully saturated rings. The van der Waals surface area contributed by atoms with Gasteiger partial charge in [-0.05, 0) is 37.1 Å². The van der Waals surface area contributed by atoms with Crippen LogP contribution in [0.5, 0.6) is 0 Å². The molecule has 0 saturated heterocycles. The largest absolute Gasteiger partial charge is 4.00 e. The second-order valence-corrected chi connectivity index (χ2v) is 8.65. The van der Waals surface area contributed by atoms with Crippen LogP contribution in [0.25, 0.3) is 21.5 Å². The van der Waals surface area contributed by atoms with Crippen LogP contribution in [-0.4, -0.2) is 26.2 Å². The molecule has 0 aliphatic heterocycles. The molecule has 0 aliphatic carbocycles. The number of hydrogen-bond acceptors (Lipinski definition) is 2. The molecule has 0 amide bonds. The Morgan fingerprint density at radius 3 is 1.20 bits per heavy atom. The van der Waals surface area contributed by atoms with Gasteiger partial charge >= 0.3 is 26.2 Å². The van der Waals surface area contributed by atoms with E-state index in [9.17, 15) is 0 Å². The van der Waals surface area contributed by atoms with Crippen molar-refractivity contribution < 1.29 is 51.0 Å². The average molecular weight is 591 g/mol. The molecule has 4 aromatic rings.